The normalized spacial score (nSPS) is 11.1. The topological polar surface area (TPSA) is 43.2 Å². The van der Waals surface area contributed by atoms with Gasteiger partial charge in [0, 0.05) is 31.3 Å². The van der Waals surface area contributed by atoms with Crippen molar-refractivity contribution in [1.82, 2.24) is 14.5 Å². The molecule has 0 spiro atoms. The fraction of sp³-hybridized carbons (Fsp3) is 0.143. The van der Waals surface area contributed by atoms with Crippen LogP contribution in [0, 0.1) is 0 Å². The third-order valence-electron chi connectivity index (χ3n) is 7.05. The first-order chi connectivity index (χ1) is 20.2. The summed E-state index contributed by atoms with van der Waals surface area (Å²) in [6.07, 6.45) is 2.87. The zero-order chi connectivity index (χ0) is 27.9. The second-order valence-corrected chi connectivity index (χ2v) is 10.4. The third kappa shape index (κ3) is 6.65. The van der Waals surface area contributed by atoms with Crippen molar-refractivity contribution in [3.8, 4) is 0 Å². The highest BCUT2D eigenvalue weighted by Crippen LogP contribution is 2.33. The summed E-state index contributed by atoms with van der Waals surface area (Å²) in [4.78, 5) is 11.9. The van der Waals surface area contributed by atoms with Gasteiger partial charge >= 0.3 is 0 Å². The number of rotatable bonds is 11. The van der Waals surface area contributed by atoms with Crippen LogP contribution in [0.2, 0.25) is 5.28 Å². The van der Waals surface area contributed by atoms with Crippen LogP contribution in [0.1, 0.15) is 27.8 Å². The number of hydrogen-bond donors (Lipinski definition) is 0. The minimum atomic E-state index is 0.232. The molecule has 41 heavy (non-hydrogen) atoms. The Morgan fingerprint density at radius 3 is 1.71 bits per heavy atom. The zero-order valence-corrected chi connectivity index (χ0v) is 23.5. The van der Waals surface area contributed by atoms with Gasteiger partial charge in [-0.25, -0.2) is 4.98 Å². The quantitative estimate of drug-likeness (QED) is 0.151. The van der Waals surface area contributed by atoms with E-state index in [1.165, 1.54) is 16.7 Å². The summed E-state index contributed by atoms with van der Waals surface area (Å²) >= 11 is 6.65. The molecule has 0 amide bonds. The Kier molecular flexibility index (Phi) is 8.36. The maximum atomic E-state index is 6.65. The second-order valence-electron chi connectivity index (χ2n) is 10.1. The van der Waals surface area contributed by atoms with Crippen LogP contribution in [-0.4, -0.2) is 14.5 Å². The van der Waals surface area contributed by atoms with Gasteiger partial charge in [0.25, 0.3) is 0 Å². The molecule has 0 saturated heterocycles. The van der Waals surface area contributed by atoms with Crippen LogP contribution < -0.4 is 4.90 Å². The fourth-order valence-corrected chi connectivity index (χ4v) is 5.30. The Labute approximate surface area is 245 Å². The van der Waals surface area contributed by atoms with Gasteiger partial charge in [0.1, 0.15) is 12.2 Å². The average molecular weight is 559 g/mol. The summed E-state index contributed by atoms with van der Waals surface area (Å²) in [6, 6.07) is 41.5. The highest BCUT2D eigenvalue weighted by molar-refractivity contribution is 6.28. The summed E-state index contributed by atoms with van der Waals surface area (Å²) < 4.78 is 8.37. The molecule has 4 aromatic carbocycles. The van der Waals surface area contributed by atoms with Crippen molar-refractivity contribution < 1.29 is 4.74 Å². The molecule has 0 aliphatic rings. The number of halogens is 1. The lowest BCUT2D eigenvalue weighted by molar-refractivity contribution is 0.0667. The molecule has 5 nitrogen and oxygen atoms in total. The van der Waals surface area contributed by atoms with Crippen LogP contribution in [0.5, 0.6) is 0 Å². The number of aromatic nitrogens is 3. The number of ether oxygens (including phenoxy) is 1. The molecular formula is C35H31ClN4O. The van der Waals surface area contributed by atoms with Crippen molar-refractivity contribution in [3.63, 3.8) is 0 Å². The zero-order valence-electron chi connectivity index (χ0n) is 22.7. The number of fused-ring (bicyclic) bond motifs is 1. The first kappa shape index (κ1) is 26.8. The van der Waals surface area contributed by atoms with Gasteiger partial charge in [-0.2, -0.15) is 4.98 Å². The Morgan fingerprint density at radius 2 is 1.15 bits per heavy atom. The van der Waals surface area contributed by atoms with E-state index in [2.05, 4.69) is 101 Å². The van der Waals surface area contributed by atoms with Gasteiger partial charge in [-0.3, -0.25) is 0 Å². The molecule has 6 heteroatoms. The molecule has 2 heterocycles. The molecule has 204 valence electrons. The lowest BCUT2D eigenvalue weighted by atomic mass is 10.1. The van der Waals surface area contributed by atoms with Gasteiger partial charge in [-0.1, -0.05) is 121 Å². The molecule has 0 N–H and O–H groups in total. The van der Waals surface area contributed by atoms with Crippen LogP contribution in [0.25, 0.3) is 11.0 Å². The average Bonchev–Trinajstić information content (AvgIpc) is 3.35. The van der Waals surface area contributed by atoms with Crippen molar-refractivity contribution >= 4 is 28.5 Å². The van der Waals surface area contributed by atoms with Gasteiger partial charge in [-0.15, -0.1) is 0 Å². The SMILES string of the molecule is Clc1nc(N(Cc2ccccc2)Cc2ccccc2)c2c(n1)c(Cc1ccccc1)cn2COCc1ccccc1. The maximum absolute atomic E-state index is 6.65. The van der Waals surface area contributed by atoms with Crippen molar-refractivity contribution in [3.05, 3.63) is 161 Å². The number of benzene rings is 4. The minimum absolute atomic E-state index is 0.232. The molecule has 0 aliphatic heterocycles. The fourth-order valence-electron chi connectivity index (χ4n) is 5.14. The van der Waals surface area contributed by atoms with Gasteiger partial charge in [-0.05, 0) is 33.9 Å². The molecule has 0 saturated carbocycles. The van der Waals surface area contributed by atoms with Crippen molar-refractivity contribution in [1.29, 1.82) is 0 Å². The smallest absolute Gasteiger partial charge is 0.225 e. The molecule has 0 unspecified atom stereocenters. The lowest BCUT2D eigenvalue weighted by Gasteiger charge is -2.25. The minimum Gasteiger partial charge on any atom is -0.356 e. The van der Waals surface area contributed by atoms with E-state index in [1.807, 2.05) is 36.4 Å². The van der Waals surface area contributed by atoms with Crippen LogP contribution in [-0.2, 0) is 37.6 Å². The summed E-state index contributed by atoms with van der Waals surface area (Å²) in [6.45, 7) is 2.21. The first-order valence-electron chi connectivity index (χ1n) is 13.8. The molecule has 0 aliphatic carbocycles. The van der Waals surface area contributed by atoms with E-state index in [0.717, 1.165) is 34.4 Å². The maximum Gasteiger partial charge on any atom is 0.225 e. The Bertz CT molecular complexity index is 1650. The third-order valence-corrected chi connectivity index (χ3v) is 7.22. The van der Waals surface area contributed by atoms with Crippen LogP contribution in [0.15, 0.2) is 128 Å². The Hall–Kier alpha value is -4.45. The largest absolute Gasteiger partial charge is 0.356 e. The predicted molar refractivity (Wildman–Crippen MR) is 166 cm³/mol. The number of anilines is 1. The van der Waals surface area contributed by atoms with Crippen molar-refractivity contribution in [2.24, 2.45) is 0 Å². The molecule has 0 radical (unpaired) electrons. The van der Waals surface area contributed by atoms with Crippen LogP contribution >= 0.6 is 11.6 Å². The van der Waals surface area contributed by atoms with Crippen molar-refractivity contribution in [2.75, 3.05) is 4.90 Å². The molecule has 0 bridgehead atoms. The highest BCUT2D eigenvalue weighted by Gasteiger charge is 2.22. The molecule has 0 atom stereocenters. The highest BCUT2D eigenvalue weighted by atomic mass is 35.5. The van der Waals surface area contributed by atoms with Crippen LogP contribution in [0.3, 0.4) is 0 Å². The molecule has 6 aromatic rings. The summed E-state index contributed by atoms with van der Waals surface area (Å²) in [5.41, 5.74) is 7.56. The van der Waals surface area contributed by atoms with E-state index < -0.39 is 0 Å². The van der Waals surface area contributed by atoms with Gasteiger partial charge in [0.2, 0.25) is 5.28 Å². The molecule has 0 fully saturated rings. The number of nitrogens with zero attached hydrogens (tertiary/aromatic N) is 4. The van der Waals surface area contributed by atoms with E-state index in [1.54, 1.807) is 0 Å². The second kappa shape index (κ2) is 12.8. The van der Waals surface area contributed by atoms with E-state index in [-0.39, 0.29) is 5.28 Å². The Balaban J connectivity index is 1.44. The summed E-state index contributed by atoms with van der Waals surface area (Å²) in [5.74, 6) is 0.787. The van der Waals surface area contributed by atoms with Gasteiger partial charge in [0.05, 0.1) is 12.1 Å². The molecular weight excluding hydrogens is 528 g/mol. The first-order valence-corrected chi connectivity index (χ1v) is 14.1. The predicted octanol–water partition coefficient (Wildman–Crippen LogP) is 8.06. The van der Waals surface area contributed by atoms with Gasteiger partial charge in [0.15, 0.2) is 5.82 Å². The van der Waals surface area contributed by atoms with Crippen molar-refractivity contribution in [2.45, 2.75) is 32.8 Å². The summed E-state index contributed by atoms with van der Waals surface area (Å²) in [7, 11) is 0. The number of hydrogen-bond acceptors (Lipinski definition) is 4. The van der Waals surface area contributed by atoms with E-state index >= 15 is 0 Å². The van der Waals surface area contributed by atoms with E-state index in [9.17, 15) is 0 Å². The molecule has 6 rings (SSSR count). The van der Waals surface area contributed by atoms with E-state index in [0.29, 0.717) is 26.4 Å². The Morgan fingerprint density at radius 1 is 0.634 bits per heavy atom. The monoisotopic (exact) mass is 558 g/mol. The van der Waals surface area contributed by atoms with Gasteiger partial charge < -0.3 is 14.2 Å². The van der Waals surface area contributed by atoms with E-state index in [4.69, 9.17) is 26.3 Å². The molecule has 2 aromatic heterocycles. The standard InChI is InChI=1S/C35H31ClN4O/c36-35-37-32-31(21-27-13-5-1-6-14-27)24-40(26-41-25-30-19-11-4-12-20-30)33(32)34(38-35)39(22-28-15-7-2-8-16-28)23-29-17-9-3-10-18-29/h1-20,24H,21-23,25-26H2. The van der Waals surface area contributed by atoms with Crippen LogP contribution in [0.4, 0.5) is 5.82 Å². The lowest BCUT2D eigenvalue weighted by Crippen LogP contribution is -2.24. The summed E-state index contributed by atoms with van der Waals surface area (Å²) in [5, 5.41) is 0.232.